The van der Waals surface area contributed by atoms with E-state index in [1.54, 1.807) is 12.1 Å². The Morgan fingerprint density at radius 2 is 1.89 bits per heavy atom. The fourth-order valence-electron chi connectivity index (χ4n) is 1.67. The predicted octanol–water partition coefficient (Wildman–Crippen LogP) is 4.89. The van der Waals surface area contributed by atoms with Crippen LogP contribution in [0.5, 0.6) is 0 Å². The molecule has 0 aromatic heterocycles. The third-order valence-electron chi connectivity index (χ3n) is 2.59. The summed E-state index contributed by atoms with van der Waals surface area (Å²) < 4.78 is 15.8. The number of hydrogen-bond donors (Lipinski definition) is 1. The molecule has 0 heterocycles. The van der Waals surface area contributed by atoms with Crippen LogP contribution in [-0.2, 0) is 0 Å². The molecule has 2 aromatic rings. The van der Waals surface area contributed by atoms with Gasteiger partial charge in [0.2, 0.25) is 0 Å². The minimum Gasteiger partial charge on any atom is -0.320 e. The van der Waals surface area contributed by atoms with E-state index >= 15 is 0 Å². The molecular formula is C13H9BrClFIN. The van der Waals surface area contributed by atoms with Gasteiger partial charge in [0.1, 0.15) is 5.82 Å². The number of benzene rings is 2. The Labute approximate surface area is 132 Å². The van der Waals surface area contributed by atoms with E-state index in [0.717, 1.165) is 13.6 Å². The fourth-order valence-corrected chi connectivity index (χ4v) is 2.84. The van der Waals surface area contributed by atoms with Crippen molar-refractivity contribution in [3.63, 3.8) is 0 Å². The SMILES string of the molecule is NC(c1ccc(Cl)cc1F)c1cc(I)ccc1Br. The van der Waals surface area contributed by atoms with Crippen molar-refractivity contribution in [3.05, 3.63) is 66.4 Å². The molecule has 1 unspecified atom stereocenters. The summed E-state index contributed by atoms with van der Waals surface area (Å²) >= 11 is 11.4. The highest BCUT2D eigenvalue weighted by atomic mass is 127. The molecule has 2 rings (SSSR count). The van der Waals surface area contributed by atoms with Gasteiger partial charge in [-0.3, -0.25) is 0 Å². The van der Waals surface area contributed by atoms with E-state index in [0.29, 0.717) is 10.6 Å². The molecule has 18 heavy (non-hydrogen) atoms. The van der Waals surface area contributed by atoms with Crippen LogP contribution < -0.4 is 5.73 Å². The van der Waals surface area contributed by atoms with Gasteiger partial charge in [0.15, 0.2) is 0 Å². The Hall–Kier alpha value is -0.170. The van der Waals surface area contributed by atoms with E-state index in [-0.39, 0.29) is 5.82 Å². The van der Waals surface area contributed by atoms with Crippen molar-refractivity contribution >= 4 is 50.1 Å². The van der Waals surface area contributed by atoms with Crippen molar-refractivity contribution < 1.29 is 4.39 Å². The van der Waals surface area contributed by atoms with Gasteiger partial charge >= 0.3 is 0 Å². The third kappa shape index (κ3) is 3.04. The molecule has 5 heteroatoms. The standard InChI is InChI=1S/C13H9BrClFIN/c14-11-4-2-8(17)6-10(11)13(18)9-3-1-7(15)5-12(9)16/h1-6,13H,18H2. The van der Waals surface area contributed by atoms with E-state index in [2.05, 4.69) is 38.5 Å². The number of nitrogens with two attached hydrogens (primary N) is 1. The van der Waals surface area contributed by atoms with Crippen molar-refractivity contribution in [2.24, 2.45) is 5.73 Å². The average molecular weight is 440 g/mol. The van der Waals surface area contributed by atoms with Crippen LogP contribution >= 0.6 is 50.1 Å². The van der Waals surface area contributed by atoms with Crippen molar-refractivity contribution in [1.82, 2.24) is 0 Å². The Balaban J connectivity index is 2.47. The van der Waals surface area contributed by atoms with Crippen molar-refractivity contribution in [2.45, 2.75) is 6.04 Å². The molecule has 0 aliphatic rings. The van der Waals surface area contributed by atoms with Crippen LogP contribution in [0.4, 0.5) is 4.39 Å². The average Bonchev–Trinajstić information content (AvgIpc) is 2.31. The molecule has 0 aliphatic heterocycles. The summed E-state index contributed by atoms with van der Waals surface area (Å²) in [6.07, 6.45) is 0. The molecule has 0 aliphatic carbocycles. The molecule has 0 fully saturated rings. The molecule has 1 atom stereocenters. The molecule has 1 nitrogen and oxygen atoms in total. The molecule has 0 spiro atoms. The quantitative estimate of drug-likeness (QED) is 0.661. The molecule has 0 amide bonds. The fraction of sp³-hybridized carbons (Fsp3) is 0.0769. The van der Waals surface area contributed by atoms with E-state index < -0.39 is 6.04 Å². The van der Waals surface area contributed by atoms with Crippen LogP contribution in [-0.4, -0.2) is 0 Å². The van der Waals surface area contributed by atoms with E-state index in [1.165, 1.54) is 6.07 Å². The highest BCUT2D eigenvalue weighted by molar-refractivity contribution is 14.1. The van der Waals surface area contributed by atoms with E-state index in [1.807, 2.05) is 18.2 Å². The molecule has 0 saturated carbocycles. The molecule has 2 aromatic carbocycles. The van der Waals surface area contributed by atoms with Gasteiger partial charge in [-0.15, -0.1) is 0 Å². The molecule has 2 N–H and O–H groups in total. The highest BCUT2D eigenvalue weighted by Crippen LogP contribution is 2.30. The number of hydrogen-bond acceptors (Lipinski definition) is 1. The first kappa shape index (κ1) is 14.2. The lowest BCUT2D eigenvalue weighted by Gasteiger charge is -2.15. The molecule has 0 saturated heterocycles. The summed E-state index contributed by atoms with van der Waals surface area (Å²) in [5.74, 6) is -0.388. The lowest BCUT2D eigenvalue weighted by Crippen LogP contribution is -2.14. The highest BCUT2D eigenvalue weighted by Gasteiger charge is 2.16. The van der Waals surface area contributed by atoms with Crippen LogP contribution in [0.3, 0.4) is 0 Å². The maximum Gasteiger partial charge on any atom is 0.129 e. The minimum atomic E-state index is -0.522. The van der Waals surface area contributed by atoms with Gasteiger partial charge in [-0.25, -0.2) is 4.39 Å². The van der Waals surface area contributed by atoms with Gasteiger partial charge in [0, 0.05) is 18.6 Å². The molecule has 94 valence electrons. The second-order valence-corrected chi connectivity index (χ2v) is 6.35. The van der Waals surface area contributed by atoms with Gasteiger partial charge in [-0.2, -0.15) is 0 Å². The van der Waals surface area contributed by atoms with E-state index in [4.69, 9.17) is 17.3 Å². The maximum atomic E-state index is 13.8. The summed E-state index contributed by atoms with van der Waals surface area (Å²) in [6.45, 7) is 0. The van der Waals surface area contributed by atoms with Crippen LogP contribution in [0.15, 0.2) is 40.9 Å². The second-order valence-electron chi connectivity index (χ2n) is 3.81. The van der Waals surface area contributed by atoms with Crippen LogP contribution in [0.2, 0.25) is 5.02 Å². The normalized spacial score (nSPS) is 12.5. The Morgan fingerprint density at radius 1 is 1.17 bits per heavy atom. The summed E-state index contributed by atoms with van der Waals surface area (Å²) in [6, 6.07) is 9.81. The van der Waals surface area contributed by atoms with Crippen molar-refractivity contribution in [1.29, 1.82) is 0 Å². The van der Waals surface area contributed by atoms with Gasteiger partial charge in [0.25, 0.3) is 0 Å². The van der Waals surface area contributed by atoms with Crippen LogP contribution in [0, 0.1) is 9.39 Å². The van der Waals surface area contributed by atoms with Gasteiger partial charge < -0.3 is 5.73 Å². The molecule has 0 radical (unpaired) electrons. The lowest BCUT2D eigenvalue weighted by molar-refractivity contribution is 0.599. The Kier molecular flexibility index (Phi) is 4.64. The smallest absolute Gasteiger partial charge is 0.129 e. The maximum absolute atomic E-state index is 13.8. The zero-order chi connectivity index (χ0) is 13.3. The summed E-state index contributed by atoms with van der Waals surface area (Å²) in [5.41, 5.74) is 7.40. The zero-order valence-corrected chi connectivity index (χ0v) is 13.6. The van der Waals surface area contributed by atoms with Crippen molar-refractivity contribution in [3.8, 4) is 0 Å². The van der Waals surface area contributed by atoms with Crippen LogP contribution in [0.25, 0.3) is 0 Å². The Bertz CT molecular complexity index is 591. The molecule has 0 bridgehead atoms. The number of rotatable bonds is 2. The first-order valence-electron chi connectivity index (χ1n) is 5.14. The number of halogens is 4. The van der Waals surface area contributed by atoms with Crippen LogP contribution in [0.1, 0.15) is 17.2 Å². The second kappa shape index (κ2) is 5.86. The first-order valence-corrected chi connectivity index (χ1v) is 7.39. The van der Waals surface area contributed by atoms with Gasteiger partial charge in [0.05, 0.1) is 6.04 Å². The van der Waals surface area contributed by atoms with Gasteiger partial charge in [-0.1, -0.05) is 33.6 Å². The molecular weight excluding hydrogens is 431 g/mol. The van der Waals surface area contributed by atoms with Gasteiger partial charge in [-0.05, 0) is 58.5 Å². The lowest BCUT2D eigenvalue weighted by atomic mass is 9.99. The third-order valence-corrected chi connectivity index (χ3v) is 4.22. The first-order chi connectivity index (χ1) is 8.49. The Morgan fingerprint density at radius 3 is 2.56 bits per heavy atom. The summed E-state index contributed by atoms with van der Waals surface area (Å²) in [7, 11) is 0. The topological polar surface area (TPSA) is 26.0 Å². The summed E-state index contributed by atoms with van der Waals surface area (Å²) in [5, 5.41) is 0.366. The largest absolute Gasteiger partial charge is 0.320 e. The summed E-state index contributed by atoms with van der Waals surface area (Å²) in [4.78, 5) is 0. The minimum absolute atomic E-state index is 0.366. The zero-order valence-electron chi connectivity index (χ0n) is 9.13. The van der Waals surface area contributed by atoms with E-state index in [9.17, 15) is 4.39 Å². The van der Waals surface area contributed by atoms with Crippen molar-refractivity contribution in [2.75, 3.05) is 0 Å². The predicted molar refractivity (Wildman–Crippen MR) is 84.3 cm³/mol. The monoisotopic (exact) mass is 439 g/mol.